The van der Waals surface area contributed by atoms with E-state index in [1.54, 1.807) is 0 Å². The summed E-state index contributed by atoms with van der Waals surface area (Å²) in [6.45, 7) is 4.20. The van der Waals surface area contributed by atoms with Crippen molar-refractivity contribution in [3.05, 3.63) is 120 Å². The van der Waals surface area contributed by atoms with Gasteiger partial charge in [-0.25, -0.2) is 0 Å². The third kappa shape index (κ3) is 4.29. The molecule has 0 heterocycles. The Morgan fingerprint density at radius 3 is 1.53 bits per heavy atom. The Labute approximate surface area is 179 Å². The Morgan fingerprint density at radius 2 is 1.07 bits per heavy atom. The molecule has 1 N–H and O–H groups in total. The van der Waals surface area contributed by atoms with Crippen molar-refractivity contribution in [1.82, 2.24) is 0 Å². The highest BCUT2D eigenvalue weighted by molar-refractivity contribution is 5.67. The Balaban J connectivity index is 1.74. The summed E-state index contributed by atoms with van der Waals surface area (Å²) in [5, 5.41) is 10.4. The number of benzene rings is 4. The summed E-state index contributed by atoms with van der Waals surface area (Å²) in [6, 6.07) is 35.6. The monoisotopic (exact) mass is 393 g/mol. The van der Waals surface area contributed by atoms with Gasteiger partial charge in [-0.1, -0.05) is 90.0 Å². The lowest BCUT2D eigenvalue weighted by atomic mass is 9.99. The zero-order valence-corrected chi connectivity index (χ0v) is 17.5. The van der Waals surface area contributed by atoms with Gasteiger partial charge in [0.2, 0.25) is 0 Å². The maximum Gasteiger partial charge on any atom is 0.0822 e. The number of aliphatic hydroxyl groups excluding tert-OH is 1. The average Bonchev–Trinajstić information content (AvgIpc) is 2.80. The summed E-state index contributed by atoms with van der Waals surface area (Å²) < 4.78 is 0. The first-order valence-electron chi connectivity index (χ1n) is 10.3. The van der Waals surface area contributed by atoms with E-state index >= 15 is 0 Å². The molecule has 0 bridgehead atoms. The molecule has 0 amide bonds. The lowest BCUT2D eigenvalue weighted by Gasteiger charge is -2.33. The quantitative estimate of drug-likeness (QED) is 0.387. The fourth-order valence-electron chi connectivity index (χ4n) is 3.78. The predicted molar refractivity (Wildman–Crippen MR) is 126 cm³/mol. The molecular formula is C28H27NO. The molecule has 150 valence electrons. The van der Waals surface area contributed by atoms with Crippen LogP contribution in [-0.4, -0.2) is 11.7 Å². The van der Waals surface area contributed by atoms with Crippen LogP contribution in [0.5, 0.6) is 0 Å². The molecule has 1 atom stereocenters. The van der Waals surface area contributed by atoms with Crippen molar-refractivity contribution in [2.75, 3.05) is 11.5 Å². The van der Waals surface area contributed by atoms with Gasteiger partial charge in [-0.2, -0.15) is 0 Å². The summed E-state index contributed by atoms with van der Waals surface area (Å²) in [7, 11) is 0. The molecule has 0 aliphatic rings. The summed E-state index contributed by atoms with van der Waals surface area (Å²) in [5.41, 5.74) is 8.02. The van der Waals surface area contributed by atoms with E-state index in [9.17, 15) is 5.11 Å². The fraction of sp³-hybridized carbons (Fsp3) is 0.143. The van der Waals surface area contributed by atoms with Gasteiger partial charge in [0.05, 0.1) is 12.6 Å². The minimum absolute atomic E-state index is 0.0203. The van der Waals surface area contributed by atoms with Crippen LogP contribution >= 0.6 is 0 Å². The van der Waals surface area contributed by atoms with Crippen molar-refractivity contribution in [2.45, 2.75) is 19.9 Å². The van der Waals surface area contributed by atoms with Crippen molar-refractivity contribution in [2.24, 2.45) is 0 Å². The van der Waals surface area contributed by atoms with Crippen LogP contribution in [0.3, 0.4) is 0 Å². The smallest absolute Gasteiger partial charge is 0.0822 e. The summed E-state index contributed by atoms with van der Waals surface area (Å²) >= 11 is 0. The van der Waals surface area contributed by atoms with Crippen LogP contribution in [0, 0.1) is 13.8 Å². The molecule has 0 saturated heterocycles. The van der Waals surface area contributed by atoms with Crippen LogP contribution in [0.1, 0.15) is 22.7 Å². The lowest BCUT2D eigenvalue weighted by Crippen LogP contribution is -2.26. The summed E-state index contributed by atoms with van der Waals surface area (Å²) in [5.74, 6) is 0. The second kappa shape index (κ2) is 8.98. The van der Waals surface area contributed by atoms with E-state index in [1.165, 1.54) is 22.3 Å². The number of nitrogens with zero attached hydrogens (tertiary/aromatic N) is 1. The highest BCUT2D eigenvalue weighted by atomic mass is 16.3. The maximum absolute atomic E-state index is 10.4. The molecule has 2 nitrogen and oxygen atoms in total. The Kier molecular flexibility index (Phi) is 5.97. The first kappa shape index (κ1) is 19.9. The van der Waals surface area contributed by atoms with Gasteiger partial charge in [-0.15, -0.1) is 0 Å². The molecule has 0 aliphatic carbocycles. The third-order valence-corrected chi connectivity index (χ3v) is 5.51. The average molecular weight is 394 g/mol. The van der Waals surface area contributed by atoms with E-state index in [1.807, 2.05) is 6.07 Å². The van der Waals surface area contributed by atoms with Crippen LogP contribution in [0.2, 0.25) is 0 Å². The van der Waals surface area contributed by atoms with Gasteiger partial charge in [0, 0.05) is 11.4 Å². The predicted octanol–water partition coefficient (Wildman–Crippen LogP) is 6.84. The van der Waals surface area contributed by atoms with Gasteiger partial charge in [0.1, 0.15) is 0 Å². The fourth-order valence-corrected chi connectivity index (χ4v) is 3.78. The molecule has 30 heavy (non-hydrogen) atoms. The SMILES string of the molecule is Cc1ccc(N(c2ccc(C)cc2)C(CO)c2ccc(-c3ccccc3)cc2)cc1. The molecule has 4 rings (SSSR count). The molecule has 4 aromatic rings. The minimum atomic E-state index is -0.180. The van der Waals surface area contributed by atoms with Gasteiger partial charge in [-0.3, -0.25) is 0 Å². The number of anilines is 2. The first-order chi connectivity index (χ1) is 14.7. The number of hydrogen-bond donors (Lipinski definition) is 1. The molecule has 1 unspecified atom stereocenters. The van der Waals surface area contributed by atoms with Crippen LogP contribution in [0.15, 0.2) is 103 Å². The van der Waals surface area contributed by atoms with Crippen LogP contribution in [-0.2, 0) is 0 Å². The van der Waals surface area contributed by atoms with E-state index in [0.29, 0.717) is 0 Å². The largest absolute Gasteiger partial charge is 0.394 e. The molecule has 0 spiro atoms. The summed E-state index contributed by atoms with van der Waals surface area (Å²) in [6.07, 6.45) is 0. The number of aryl methyl sites for hydroxylation is 2. The van der Waals surface area contributed by atoms with Gasteiger partial charge >= 0.3 is 0 Å². The second-order valence-corrected chi connectivity index (χ2v) is 7.73. The zero-order valence-electron chi connectivity index (χ0n) is 17.5. The van der Waals surface area contributed by atoms with E-state index in [-0.39, 0.29) is 12.6 Å². The minimum Gasteiger partial charge on any atom is -0.394 e. The van der Waals surface area contributed by atoms with Crippen molar-refractivity contribution in [1.29, 1.82) is 0 Å². The Morgan fingerprint density at radius 1 is 0.600 bits per heavy atom. The molecular weight excluding hydrogens is 366 g/mol. The Bertz CT molecular complexity index is 1020. The normalized spacial score (nSPS) is 11.8. The van der Waals surface area contributed by atoms with Crippen molar-refractivity contribution < 1.29 is 5.11 Å². The molecule has 0 radical (unpaired) electrons. The molecule has 0 aromatic heterocycles. The molecule has 4 aromatic carbocycles. The topological polar surface area (TPSA) is 23.5 Å². The number of hydrogen-bond acceptors (Lipinski definition) is 2. The Hall–Kier alpha value is -3.36. The zero-order chi connectivity index (χ0) is 20.9. The van der Waals surface area contributed by atoms with Gasteiger partial charge in [0.25, 0.3) is 0 Å². The molecule has 0 fully saturated rings. The molecule has 0 aliphatic heterocycles. The maximum atomic E-state index is 10.4. The lowest BCUT2D eigenvalue weighted by molar-refractivity contribution is 0.267. The summed E-state index contributed by atoms with van der Waals surface area (Å²) in [4.78, 5) is 2.22. The van der Waals surface area contributed by atoms with Crippen molar-refractivity contribution in [3.8, 4) is 11.1 Å². The standard InChI is InChI=1S/C28H27NO/c1-21-8-16-26(17-9-21)29(27-18-10-22(2)11-19-27)28(20-30)25-14-12-24(13-15-25)23-6-4-3-5-7-23/h3-19,28,30H,20H2,1-2H3. The van der Waals surface area contributed by atoms with Crippen LogP contribution in [0.25, 0.3) is 11.1 Å². The number of aliphatic hydroxyl groups is 1. The van der Waals surface area contributed by atoms with Gasteiger partial charge < -0.3 is 10.0 Å². The number of rotatable bonds is 6. The molecule has 2 heteroatoms. The first-order valence-corrected chi connectivity index (χ1v) is 10.3. The van der Waals surface area contributed by atoms with Crippen molar-refractivity contribution >= 4 is 11.4 Å². The van der Waals surface area contributed by atoms with E-state index in [2.05, 4.69) is 116 Å². The van der Waals surface area contributed by atoms with E-state index in [0.717, 1.165) is 16.9 Å². The highest BCUT2D eigenvalue weighted by Crippen LogP contribution is 2.36. The van der Waals surface area contributed by atoms with Crippen LogP contribution in [0.4, 0.5) is 11.4 Å². The second-order valence-electron chi connectivity index (χ2n) is 7.73. The highest BCUT2D eigenvalue weighted by Gasteiger charge is 2.22. The third-order valence-electron chi connectivity index (χ3n) is 5.51. The molecule has 0 saturated carbocycles. The van der Waals surface area contributed by atoms with Gasteiger partial charge in [0.15, 0.2) is 0 Å². The van der Waals surface area contributed by atoms with Gasteiger partial charge in [-0.05, 0) is 54.8 Å². The van der Waals surface area contributed by atoms with E-state index in [4.69, 9.17) is 0 Å². The van der Waals surface area contributed by atoms with Crippen molar-refractivity contribution in [3.63, 3.8) is 0 Å². The van der Waals surface area contributed by atoms with E-state index < -0.39 is 0 Å². The van der Waals surface area contributed by atoms with Crippen LogP contribution < -0.4 is 4.90 Å².